The topological polar surface area (TPSA) is 48.1 Å². The maximum absolute atomic E-state index is 6.26. The zero-order valence-corrected chi connectivity index (χ0v) is 12.9. The summed E-state index contributed by atoms with van der Waals surface area (Å²) >= 11 is 1.70. The van der Waals surface area contributed by atoms with Crippen molar-refractivity contribution in [2.45, 2.75) is 44.8 Å². The summed E-state index contributed by atoms with van der Waals surface area (Å²) < 4.78 is 6.08. The first-order valence-electron chi connectivity index (χ1n) is 6.92. The minimum atomic E-state index is -0.0350. The summed E-state index contributed by atoms with van der Waals surface area (Å²) in [5, 5.41) is 3.25. The molecule has 1 aromatic heterocycles. The van der Waals surface area contributed by atoms with Crippen molar-refractivity contribution in [3.05, 3.63) is 45.9 Å². The number of para-hydroxylation sites is 1. The zero-order valence-electron chi connectivity index (χ0n) is 12.1. The number of rotatable bonds is 1. The Bertz CT molecular complexity index is 615. The lowest BCUT2D eigenvalue weighted by molar-refractivity contribution is 0.157. The summed E-state index contributed by atoms with van der Waals surface area (Å²) in [6.45, 7) is 6.54. The van der Waals surface area contributed by atoms with E-state index in [1.807, 2.05) is 24.3 Å². The van der Waals surface area contributed by atoms with Gasteiger partial charge in [0.05, 0.1) is 10.7 Å². The summed E-state index contributed by atoms with van der Waals surface area (Å²) in [5.74, 6) is 0.890. The van der Waals surface area contributed by atoms with Gasteiger partial charge in [0.15, 0.2) is 0 Å². The minimum Gasteiger partial charge on any atom is -0.484 e. The van der Waals surface area contributed by atoms with Crippen molar-refractivity contribution in [3.8, 4) is 5.75 Å². The molecular formula is C16H20N2OS. The molecule has 2 atom stereocenters. The molecule has 0 bridgehead atoms. The number of ether oxygens (including phenoxy) is 1. The molecule has 106 valence electrons. The van der Waals surface area contributed by atoms with Gasteiger partial charge in [0.25, 0.3) is 0 Å². The molecular weight excluding hydrogens is 268 g/mol. The van der Waals surface area contributed by atoms with Crippen LogP contribution in [0.5, 0.6) is 5.75 Å². The van der Waals surface area contributed by atoms with Gasteiger partial charge >= 0.3 is 0 Å². The van der Waals surface area contributed by atoms with Crippen molar-refractivity contribution < 1.29 is 4.74 Å². The fourth-order valence-corrected chi connectivity index (χ4v) is 3.36. The highest BCUT2D eigenvalue weighted by atomic mass is 32.1. The van der Waals surface area contributed by atoms with Gasteiger partial charge in [0.1, 0.15) is 11.9 Å². The molecule has 1 aromatic carbocycles. The Balaban J connectivity index is 1.88. The fraction of sp³-hybridized carbons (Fsp3) is 0.438. The molecule has 4 heteroatoms. The second-order valence-corrected chi connectivity index (χ2v) is 7.17. The summed E-state index contributed by atoms with van der Waals surface area (Å²) in [6, 6.07) is 8.03. The number of nitrogens with two attached hydrogens (primary N) is 1. The van der Waals surface area contributed by atoms with Crippen LogP contribution in [0.3, 0.4) is 0 Å². The molecule has 0 amide bonds. The molecule has 0 radical (unpaired) electrons. The molecule has 20 heavy (non-hydrogen) atoms. The molecule has 0 aliphatic carbocycles. The molecule has 0 saturated carbocycles. The van der Waals surface area contributed by atoms with E-state index < -0.39 is 0 Å². The second-order valence-electron chi connectivity index (χ2n) is 6.31. The van der Waals surface area contributed by atoms with E-state index in [-0.39, 0.29) is 17.6 Å². The number of fused-ring (bicyclic) bond motifs is 1. The van der Waals surface area contributed by atoms with E-state index in [0.717, 1.165) is 28.4 Å². The van der Waals surface area contributed by atoms with E-state index in [1.165, 1.54) is 0 Å². The Morgan fingerprint density at radius 3 is 2.75 bits per heavy atom. The molecule has 0 fully saturated rings. The summed E-state index contributed by atoms with van der Waals surface area (Å²) in [4.78, 5) is 4.75. The highest BCUT2D eigenvalue weighted by Gasteiger charge is 2.29. The average molecular weight is 288 g/mol. The van der Waals surface area contributed by atoms with Crippen LogP contribution in [-0.4, -0.2) is 4.98 Å². The SMILES string of the molecule is CC(C)(C)c1nc(C2C[C@@H](N)c3ccccc3O2)cs1. The van der Waals surface area contributed by atoms with Crippen molar-refractivity contribution in [2.75, 3.05) is 0 Å². The Labute approximate surface area is 123 Å². The highest BCUT2D eigenvalue weighted by Crippen LogP contribution is 2.40. The first kappa shape index (κ1) is 13.6. The van der Waals surface area contributed by atoms with Crippen LogP contribution >= 0.6 is 11.3 Å². The molecule has 1 unspecified atom stereocenters. The number of aromatic nitrogens is 1. The van der Waals surface area contributed by atoms with Gasteiger partial charge in [-0.2, -0.15) is 0 Å². The van der Waals surface area contributed by atoms with Gasteiger partial charge < -0.3 is 10.5 Å². The van der Waals surface area contributed by atoms with Crippen molar-refractivity contribution >= 4 is 11.3 Å². The number of thiazole rings is 1. The predicted molar refractivity (Wildman–Crippen MR) is 82.2 cm³/mol. The van der Waals surface area contributed by atoms with E-state index in [1.54, 1.807) is 11.3 Å². The van der Waals surface area contributed by atoms with Crippen LogP contribution in [0.25, 0.3) is 0 Å². The zero-order chi connectivity index (χ0) is 14.3. The van der Waals surface area contributed by atoms with Crippen LogP contribution in [0.2, 0.25) is 0 Å². The van der Waals surface area contributed by atoms with Gasteiger partial charge in [0, 0.05) is 28.8 Å². The number of benzene rings is 1. The third-order valence-electron chi connectivity index (χ3n) is 3.55. The van der Waals surface area contributed by atoms with Crippen LogP contribution < -0.4 is 10.5 Å². The van der Waals surface area contributed by atoms with Crippen molar-refractivity contribution in [2.24, 2.45) is 5.73 Å². The number of hydrogen-bond acceptors (Lipinski definition) is 4. The standard InChI is InChI=1S/C16H20N2OS/c1-16(2,3)15-18-12(9-20-15)14-8-11(17)10-6-4-5-7-13(10)19-14/h4-7,9,11,14H,8,17H2,1-3H3/t11-,14?/m1/s1. The molecule has 0 saturated heterocycles. The van der Waals surface area contributed by atoms with Crippen molar-refractivity contribution in [1.29, 1.82) is 0 Å². The number of nitrogens with zero attached hydrogens (tertiary/aromatic N) is 1. The van der Waals surface area contributed by atoms with E-state index in [9.17, 15) is 0 Å². The molecule has 0 spiro atoms. The van der Waals surface area contributed by atoms with Crippen LogP contribution in [0, 0.1) is 0 Å². The molecule has 2 aromatic rings. The first-order valence-corrected chi connectivity index (χ1v) is 7.80. The summed E-state index contributed by atoms with van der Waals surface area (Å²) in [6.07, 6.45) is 0.747. The van der Waals surface area contributed by atoms with Gasteiger partial charge in [0.2, 0.25) is 0 Å². The smallest absolute Gasteiger partial charge is 0.143 e. The lowest BCUT2D eigenvalue weighted by atomic mass is 9.95. The molecule has 3 rings (SSSR count). The van der Waals surface area contributed by atoms with Crippen LogP contribution in [0.15, 0.2) is 29.6 Å². The highest BCUT2D eigenvalue weighted by molar-refractivity contribution is 7.09. The van der Waals surface area contributed by atoms with Crippen LogP contribution in [0.4, 0.5) is 0 Å². The summed E-state index contributed by atoms with van der Waals surface area (Å²) in [7, 11) is 0. The molecule has 2 heterocycles. The van der Waals surface area contributed by atoms with Crippen molar-refractivity contribution in [1.82, 2.24) is 4.98 Å². The Hall–Kier alpha value is -1.39. The normalized spacial score (nSPS) is 22.2. The van der Waals surface area contributed by atoms with Gasteiger partial charge in [-0.3, -0.25) is 0 Å². The maximum atomic E-state index is 6.26. The second kappa shape index (κ2) is 4.86. The Kier molecular flexibility index (Phi) is 3.30. The van der Waals surface area contributed by atoms with Crippen molar-refractivity contribution in [3.63, 3.8) is 0 Å². The van der Waals surface area contributed by atoms with Gasteiger partial charge in [-0.05, 0) is 6.07 Å². The monoisotopic (exact) mass is 288 g/mol. The maximum Gasteiger partial charge on any atom is 0.143 e. The third kappa shape index (κ3) is 2.45. The molecule has 2 N–H and O–H groups in total. The quantitative estimate of drug-likeness (QED) is 0.864. The minimum absolute atomic E-state index is 0.0183. The average Bonchev–Trinajstić information content (AvgIpc) is 2.88. The summed E-state index contributed by atoms with van der Waals surface area (Å²) in [5.41, 5.74) is 8.44. The lowest BCUT2D eigenvalue weighted by Crippen LogP contribution is -2.24. The van der Waals surface area contributed by atoms with Gasteiger partial charge in [-0.1, -0.05) is 39.0 Å². The Morgan fingerprint density at radius 2 is 2.05 bits per heavy atom. The number of hydrogen-bond donors (Lipinski definition) is 1. The van der Waals surface area contributed by atoms with E-state index in [2.05, 4.69) is 26.2 Å². The van der Waals surface area contributed by atoms with Gasteiger partial charge in [-0.25, -0.2) is 4.98 Å². The lowest BCUT2D eigenvalue weighted by Gasteiger charge is -2.29. The van der Waals surface area contributed by atoms with E-state index in [0.29, 0.717) is 0 Å². The molecule has 1 aliphatic heterocycles. The first-order chi connectivity index (χ1) is 9.45. The molecule has 1 aliphatic rings. The third-order valence-corrected chi connectivity index (χ3v) is 4.84. The predicted octanol–water partition coefficient (Wildman–Crippen LogP) is 3.96. The van der Waals surface area contributed by atoms with Crippen LogP contribution in [0.1, 0.15) is 55.6 Å². The largest absolute Gasteiger partial charge is 0.484 e. The van der Waals surface area contributed by atoms with Crippen LogP contribution in [-0.2, 0) is 5.41 Å². The fourth-order valence-electron chi connectivity index (χ4n) is 2.41. The van der Waals surface area contributed by atoms with E-state index >= 15 is 0 Å². The Morgan fingerprint density at radius 1 is 1.30 bits per heavy atom. The van der Waals surface area contributed by atoms with E-state index in [4.69, 9.17) is 15.5 Å². The van der Waals surface area contributed by atoms with Gasteiger partial charge in [-0.15, -0.1) is 11.3 Å². The molecule has 3 nitrogen and oxygen atoms in total.